The molecule has 0 aliphatic carbocycles. The molecule has 0 unspecified atom stereocenters. The molecule has 1 aromatic carbocycles. The van der Waals surface area contributed by atoms with Crippen LogP contribution in [0, 0.1) is 0 Å². The molecule has 0 saturated heterocycles. The average molecular weight is 523 g/mol. The Morgan fingerprint density at radius 3 is 1.05 bits per heavy atom. The second kappa shape index (κ2) is 12.6. The van der Waals surface area contributed by atoms with E-state index in [2.05, 4.69) is 30.9 Å². The molecule has 198 valence electrons. The van der Waals surface area contributed by atoms with Gasteiger partial charge in [-0.05, 0) is 73.9 Å². The zero-order valence-corrected chi connectivity index (χ0v) is 22.1. The first kappa shape index (κ1) is 27.1. The lowest BCUT2D eigenvalue weighted by Crippen LogP contribution is -2.20. The van der Waals surface area contributed by atoms with E-state index in [0.29, 0.717) is 36.7 Å². The summed E-state index contributed by atoms with van der Waals surface area (Å²) >= 11 is 0. The van der Waals surface area contributed by atoms with Crippen molar-refractivity contribution in [3.8, 4) is 0 Å². The molecule has 0 radical (unpaired) electrons. The summed E-state index contributed by atoms with van der Waals surface area (Å²) < 4.78 is 0. The van der Waals surface area contributed by atoms with Gasteiger partial charge in [-0.2, -0.15) is 0 Å². The molecular weight excluding hydrogens is 492 g/mol. The molecule has 4 aromatic rings. The summed E-state index contributed by atoms with van der Waals surface area (Å²) in [5, 5.41) is 8.27. The van der Waals surface area contributed by atoms with Crippen LogP contribution in [0.15, 0.2) is 72.8 Å². The molecule has 4 rings (SSSR count). The van der Waals surface area contributed by atoms with Crippen molar-refractivity contribution in [1.82, 2.24) is 15.0 Å². The van der Waals surface area contributed by atoms with Gasteiger partial charge in [-0.15, -0.1) is 0 Å². The lowest BCUT2D eigenvalue weighted by molar-refractivity contribution is 0.102. The van der Waals surface area contributed by atoms with E-state index in [1.165, 1.54) is 18.2 Å². The first-order chi connectivity index (χ1) is 18.9. The van der Waals surface area contributed by atoms with Gasteiger partial charge in [-0.3, -0.25) is 14.4 Å². The van der Waals surface area contributed by atoms with Gasteiger partial charge in [0.15, 0.2) is 0 Å². The predicted octanol–water partition coefficient (Wildman–Crippen LogP) is 5.32. The van der Waals surface area contributed by atoms with Gasteiger partial charge in [0.05, 0.1) is 0 Å². The molecule has 39 heavy (non-hydrogen) atoms. The maximum absolute atomic E-state index is 13.2. The highest BCUT2D eigenvalue weighted by Gasteiger charge is 2.18. The first-order valence-electron chi connectivity index (χ1n) is 12.9. The molecule has 9 nitrogen and oxygen atoms in total. The maximum Gasteiger partial charge on any atom is 0.256 e. The Balaban J connectivity index is 1.66. The molecule has 0 atom stereocenters. The third-order valence-corrected chi connectivity index (χ3v) is 5.95. The lowest BCUT2D eigenvalue weighted by Gasteiger charge is -2.12. The third kappa shape index (κ3) is 7.10. The summed E-state index contributed by atoms with van der Waals surface area (Å²) in [6, 6.07) is 20.4. The van der Waals surface area contributed by atoms with Crippen molar-refractivity contribution >= 4 is 35.2 Å². The van der Waals surface area contributed by atoms with Crippen LogP contribution < -0.4 is 16.0 Å². The summed E-state index contributed by atoms with van der Waals surface area (Å²) in [7, 11) is 0. The highest BCUT2D eigenvalue weighted by Crippen LogP contribution is 2.17. The zero-order valence-electron chi connectivity index (χ0n) is 22.1. The second-order valence-corrected chi connectivity index (χ2v) is 8.76. The van der Waals surface area contributed by atoms with Gasteiger partial charge < -0.3 is 16.0 Å². The molecule has 0 saturated carbocycles. The average Bonchev–Trinajstić information content (AvgIpc) is 2.97. The van der Waals surface area contributed by atoms with Crippen LogP contribution in [-0.4, -0.2) is 32.7 Å². The molecule has 3 amide bonds. The molecule has 0 aliphatic rings. The van der Waals surface area contributed by atoms with Crippen molar-refractivity contribution in [2.75, 3.05) is 16.0 Å². The standard InChI is InChI=1S/C30H30N6O3/c1-4-22-10-7-13-25(31-22)34-28(37)19-16-20(29(38)35-26-14-8-11-23(5-2)32-26)18-21(17-19)30(39)36-27-15-9-12-24(6-3)33-27/h7-18H,4-6H2,1-3H3,(H,31,34,37)(H,32,35,38)(H,33,36,39). The smallest absolute Gasteiger partial charge is 0.256 e. The Labute approximate surface area is 227 Å². The van der Waals surface area contributed by atoms with Crippen LogP contribution in [0.25, 0.3) is 0 Å². The number of nitrogens with one attached hydrogen (secondary N) is 3. The minimum Gasteiger partial charge on any atom is -0.307 e. The monoisotopic (exact) mass is 522 g/mol. The van der Waals surface area contributed by atoms with E-state index in [-0.39, 0.29) is 16.7 Å². The number of hydrogen-bond donors (Lipinski definition) is 3. The number of pyridine rings is 3. The van der Waals surface area contributed by atoms with Gasteiger partial charge in [-0.1, -0.05) is 39.0 Å². The number of amides is 3. The van der Waals surface area contributed by atoms with Crippen molar-refractivity contribution in [2.45, 2.75) is 40.0 Å². The van der Waals surface area contributed by atoms with Gasteiger partial charge in [-0.25, -0.2) is 15.0 Å². The van der Waals surface area contributed by atoms with Crippen molar-refractivity contribution in [3.05, 3.63) is 107 Å². The Kier molecular flexibility index (Phi) is 8.73. The minimum atomic E-state index is -0.503. The van der Waals surface area contributed by atoms with Crippen molar-refractivity contribution in [1.29, 1.82) is 0 Å². The number of nitrogens with zero attached hydrogens (tertiary/aromatic N) is 3. The van der Waals surface area contributed by atoms with Gasteiger partial charge in [0.2, 0.25) is 0 Å². The molecule has 9 heteroatoms. The largest absolute Gasteiger partial charge is 0.307 e. The number of aromatic nitrogens is 3. The van der Waals surface area contributed by atoms with Gasteiger partial charge in [0, 0.05) is 33.8 Å². The molecule has 0 fully saturated rings. The van der Waals surface area contributed by atoms with Crippen LogP contribution >= 0.6 is 0 Å². The van der Waals surface area contributed by atoms with Crippen molar-refractivity contribution in [3.63, 3.8) is 0 Å². The molecule has 0 spiro atoms. The SMILES string of the molecule is CCc1cccc(NC(=O)c2cc(C(=O)Nc3cccc(CC)n3)cc(C(=O)Nc3cccc(CC)n3)c2)n1. The molecule has 3 N–H and O–H groups in total. The topological polar surface area (TPSA) is 126 Å². The van der Waals surface area contributed by atoms with Crippen LogP contribution in [0.2, 0.25) is 0 Å². The number of carbonyl (C=O) groups excluding carboxylic acids is 3. The number of benzene rings is 1. The summed E-state index contributed by atoms with van der Waals surface area (Å²) in [6.45, 7) is 5.91. The fraction of sp³-hybridized carbons (Fsp3) is 0.200. The fourth-order valence-corrected chi connectivity index (χ4v) is 3.82. The highest BCUT2D eigenvalue weighted by atomic mass is 16.2. The van der Waals surface area contributed by atoms with E-state index in [1.807, 2.05) is 39.0 Å². The normalized spacial score (nSPS) is 10.5. The Morgan fingerprint density at radius 2 is 0.795 bits per heavy atom. The van der Waals surface area contributed by atoms with Gasteiger partial charge in [0.1, 0.15) is 17.5 Å². The number of aryl methyl sites for hydroxylation is 3. The quantitative estimate of drug-likeness (QED) is 0.273. The predicted molar refractivity (Wildman–Crippen MR) is 151 cm³/mol. The summed E-state index contributed by atoms with van der Waals surface area (Å²) in [5.74, 6) is -0.380. The Bertz CT molecular complexity index is 1330. The zero-order chi connectivity index (χ0) is 27.8. The third-order valence-electron chi connectivity index (χ3n) is 5.95. The van der Waals surface area contributed by atoms with E-state index >= 15 is 0 Å². The van der Waals surface area contributed by atoms with Crippen molar-refractivity contribution < 1.29 is 14.4 Å². The van der Waals surface area contributed by atoms with Crippen LogP contribution in [0.3, 0.4) is 0 Å². The van der Waals surface area contributed by atoms with Crippen LogP contribution in [0.4, 0.5) is 17.5 Å². The van der Waals surface area contributed by atoms with Gasteiger partial charge in [0.25, 0.3) is 17.7 Å². The number of anilines is 3. The molecule has 3 aromatic heterocycles. The summed E-state index contributed by atoms with van der Waals surface area (Å²) in [6.07, 6.45) is 2.14. The van der Waals surface area contributed by atoms with Crippen LogP contribution in [0.1, 0.15) is 68.9 Å². The first-order valence-corrected chi connectivity index (χ1v) is 12.9. The fourth-order valence-electron chi connectivity index (χ4n) is 3.82. The number of hydrogen-bond acceptors (Lipinski definition) is 6. The summed E-state index contributed by atoms with van der Waals surface area (Å²) in [5.41, 5.74) is 2.85. The molecule has 0 bridgehead atoms. The highest BCUT2D eigenvalue weighted by molar-refractivity contribution is 6.12. The Hall–Kier alpha value is -4.92. The van der Waals surface area contributed by atoms with Gasteiger partial charge >= 0.3 is 0 Å². The van der Waals surface area contributed by atoms with Crippen molar-refractivity contribution in [2.24, 2.45) is 0 Å². The van der Waals surface area contributed by atoms with E-state index < -0.39 is 17.7 Å². The minimum absolute atomic E-state index is 0.127. The molecule has 0 aliphatic heterocycles. The van der Waals surface area contributed by atoms with Crippen LogP contribution in [0.5, 0.6) is 0 Å². The second-order valence-electron chi connectivity index (χ2n) is 8.76. The number of carbonyl (C=O) groups is 3. The lowest BCUT2D eigenvalue weighted by atomic mass is 10.0. The summed E-state index contributed by atoms with van der Waals surface area (Å²) in [4.78, 5) is 52.9. The van der Waals surface area contributed by atoms with E-state index in [1.54, 1.807) is 36.4 Å². The van der Waals surface area contributed by atoms with Crippen LogP contribution in [-0.2, 0) is 19.3 Å². The maximum atomic E-state index is 13.2. The molecule has 3 heterocycles. The van der Waals surface area contributed by atoms with E-state index in [0.717, 1.165) is 17.1 Å². The number of rotatable bonds is 9. The van der Waals surface area contributed by atoms with E-state index in [9.17, 15) is 14.4 Å². The Morgan fingerprint density at radius 1 is 0.513 bits per heavy atom. The van der Waals surface area contributed by atoms with E-state index in [4.69, 9.17) is 0 Å². The molecular formula is C30H30N6O3.